The summed E-state index contributed by atoms with van der Waals surface area (Å²) >= 11 is 0. The zero-order valence-electron chi connectivity index (χ0n) is 16.4. The third-order valence-corrected chi connectivity index (χ3v) is 4.77. The number of pyridine rings is 1. The van der Waals surface area contributed by atoms with Crippen molar-refractivity contribution >= 4 is 17.1 Å². The van der Waals surface area contributed by atoms with E-state index in [1.807, 2.05) is 33.2 Å². The van der Waals surface area contributed by atoms with Gasteiger partial charge in [0.05, 0.1) is 17.8 Å². The number of aromatic nitrogens is 4. The third-order valence-electron chi connectivity index (χ3n) is 4.77. The van der Waals surface area contributed by atoms with E-state index in [0.717, 1.165) is 52.8 Å². The van der Waals surface area contributed by atoms with Crippen LogP contribution in [0.1, 0.15) is 17.0 Å². The Morgan fingerprint density at radius 1 is 1.11 bits per heavy atom. The van der Waals surface area contributed by atoms with Crippen molar-refractivity contribution in [1.82, 2.24) is 25.0 Å². The molecule has 0 fully saturated rings. The number of likely N-dealkylation sites (N-methyl/N-ethyl adjacent to an activating group) is 1. The summed E-state index contributed by atoms with van der Waals surface area (Å²) in [6.07, 6.45) is 1.84. The highest BCUT2D eigenvalue weighted by molar-refractivity contribution is 5.81. The second-order valence-electron chi connectivity index (χ2n) is 6.80. The van der Waals surface area contributed by atoms with Crippen LogP contribution in [0.4, 0.5) is 5.95 Å². The first-order valence-corrected chi connectivity index (χ1v) is 9.39. The molecule has 0 atom stereocenters. The minimum absolute atomic E-state index is 0.714. The third kappa shape index (κ3) is 3.48. The lowest BCUT2D eigenvalue weighted by Gasteiger charge is -2.11. The first kappa shape index (κ1) is 18.2. The first-order valence-electron chi connectivity index (χ1n) is 9.39. The highest BCUT2D eigenvalue weighted by atomic mass is 16.5. The second kappa shape index (κ2) is 7.82. The number of rotatable bonds is 7. The molecule has 0 spiro atoms. The predicted molar refractivity (Wildman–Crippen MR) is 110 cm³/mol. The number of hydrogen-bond donors (Lipinski definition) is 2. The van der Waals surface area contributed by atoms with E-state index in [2.05, 4.69) is 55.7 Å². The monoisotopic (exact) mass is 376 g/mol. The molecule has 0 unspecified atom stereocenters. The zero-order valence-corrected chi connectivity index (χ0v) is 16.4. The van der Waals surface area contributed by atoms with Gasteiger partial charge in [-0.2, -0.15) is 4.98 Å². The van der Waals surface area contributed by atoms with Gasteiger partial charge in [-0.15, -0.1) is 0 Å². The van der Waals surface area contributed by atoms with Crippen molar-refractivity contribution in [3.8, 4) is 11.1 Å². The largest absolute Gasteiger partial charge is 0.361 e. The number of anilines is 1. The van der Waals surface area contributed by atoms with Crippen LogP contribution in [0.2, 0.25) is 0 Å². The maximum absolute atomic E-state index is 5.34. The van der Waals surface area contributed by atoms with Gasteiger partial charge in [0.2, 0.25) is 5.95 Å². The van der Waals surface area contributed by atoms with E-state index >= 15 is 0 Å². The van der Waals surface area contributed by atoms with Gasteiger partial charge in [-0.3, -0.25) is 0 Å². The quantitative estimate of drug-likeness (QED) is 0.481. The molecule has 28 heavy (non-hydrogen) atoms. The van der Waals surface area contributed by atoms with Gasteiger partial charge >= 0.3 is 0 Å². The molecule has 3 aromatic heterocycles. The number of fused-ring (bicyclic) bond motifs is 1. The van der Waals surface area contributed by atoms with E-state index in [4.69, 9.17) is 9.51 Å². The summed E-state index contributed by atoms with van der Waals surface area (Å²) in [7, 11) is 1.94. The Labute approximate surface area is 163 Å². The molecule has 3 heterocycles. The van der Waals surface area contributed by atoms with Gasteiger partial charge in [0, 0.05) is 30.4 Å². The standard InChI is InChI=1S/C21H24N6O/c1-14-19(15(2)28-26-14)17-11-18-20(24-12-17)25-21(23-10-9-22-3)27(18)13-16-7-5-4-6-8-16/h4-8,11-12,22H,9-10,13H2,1-3H3,(H,23,24,25). The van der Waals surface area contributed by atoms with Crippen LogP contribution in [0.25, 0.3) is 22.3 Å². The first-order chi connectivity index (χ1) is 13.7. The summed E-state index contributed by atoms with van der Waals surface area (Å²) in [5.74, 6) is 1.61. The van der Waals surface area contributed by atoms with Crippen LogP contribution in [0, 0.1) is 13.8 Å². The van der Waals surface area contributed by atoms with Gasteiger partial charge in [-0.05, 0) is 32.5 Å². The fourth-order valence-corrected chi connectivity index (χ4v) is 3.40. The van der Waals surface area contributed by atoms with E-state index in [-0.39, 0.29) is 0 Å². The van der Waals surface area contributed by atoms with Crippen LogP contribution in [0.5, 0.6) is 0 Å². The molecule has 0 aliphatic heterocycles. The molecule has 1 aromatic carbocycles. The molecule has 0 saturated heterocycles. The summed E-state index contributed by atoms with van der Waals surface area (Å²) in [4.78, 5) is 9.34. The molecule has 0 aliphatic carbocycles. The fraction of sp³-hybridized carbons (Fsp3) is 0.286. The Morgan fingerprint density at radius 2 is 1.93 bits per heavy atom. The van der Waals surface area contributed by atoms with Crippen molar-refractivity contribution < 1.29 is 4.52 Å². The van der Waals surface area contributed by atoms with E-state index in [9.17, 15) is 0 Å². The Hall–Kier alpha value is -3.19. The van der Waals surface area contributed by atoms with Crippen LogP contribution in [0.3, 0.4) is 0 Å². The van der Waals surface area contributed by atoms with Gasteiger partial charge in [-0.25, -0.2) is 4.98 Å². The van der Waals surface area contributed by atoms with Gasteiger partial charge in [0.25, 0.3) is 0 Å². The maximum Gasteiger partial charge on any atom is 0.205 e. The summed E-state index contributed by atoms with van der Waals surface area (Å²) in [6, 6.07) is 12.5. The molecule has 0 bridgehead atoms. The van der Waals surface area contributed by atoms with E-state index in [1.165, 1.54) is 5.56 Å². The van der Waals surface area contributed by atoms with E-state index in [1.54, 1.807) is 0 Å². The highest BCUT2D eigenvalue weighted by Crippen LogP contribution is 2.30. The average Bonchev–Trinajstić information content (AvgIpc) is 3.22. The molecule has 0 amide bonds. The summed E-state index contributed by atoms with van der Waals surface area (Å²) < 4.78 is 7.51. The number of nitrogens with zero attached hydrogens (tertiary/aromatic N) is 4. The lowest BCUT2D eigenvalue weighted by atomic mass is 10.1. The normalized spacial score (nSPS) is 11.2. The lowest BCUT2D eigenvalue weighted by molar-refractivity contribution is 0.393. The van der Waals surface area contributed by atoms with Crippen molar-refractivity contribution in [2.24, 2.45) is 0 Å². The molecule has 0 radical (unpaired) electrons. The topological polar surface area (TPSA) is 80.8 Å². The molecule has 4 aromatic rings. The lowest BCUT2D eigenvalue weighted by Crippen LogP contribution is -2.19. The minimum atomic E-state index is 0.714. The summed E-state index contributed by atoms with van der Waals surface area (Å²) in [5, 5.41) is 10.6. The van der Waals surface area contributed by atoms with Crippen LogP contribution >= 0.6 is 0 Å². The van der Waals surface area contributed by atoms with Crippen molar-refractivity contribution in [3.05, 3.63) is 59.6 Å². The van der Waals surface area contributed by atoms with Crippen molar-refractivity contribution in [1.29, 1.82) is 0 Å². The Balaban J connectivity index is 1.81. The van der Waals surface area contributed by atoms with Crippen LogP contribution in [-0.4, -0.2) is 39.8 Å². The smallest absolute Gasteiger partial charge is 0.205 e. The van der Waals surface area contributed by atoms with Crippen molar-refractivity contribution in [2.75, 3.05) is 25.5 Å². The summed E-state index contributed by atoms with van der Waals surface area (Å²) in [6.45, 7) is 6.22. The molecular weight excluding hydrogens is 352 g/mol. The number of imidazole rings is 1. The molecule has 0 aliphatic rings. The van der Waals surface area contributed by atoms with Gasteiger partial charge < -0.3 is 19.7 Å². The Bertz CT molecular complexity index is 1060. The van der Waals surface area contributed by atoms with E-state index < -0.39 is 0 Å². The zero-order chi connectivity index (χ0) is 19.5. The fourth-order valence-electron chi connectivity index (χ4n) is 3.40. The van der Waals surface area contributed by atoms with E-state index in [0.29, 0.717) is 6.54 Å². The molecule has 144 valence electrons. The minimum Gasteiger partial charge on any atom is -0.361 e. The molecule has 0 saturated carbocycles. The number of hydrogen-bond acceptors (Lipinski definition) is 6. The molecule has 7 heteroatoms. The number of nitrogens with one attached hydrogen (secondary N) is 2. The van der Waals surface area contributed by atoms with Gasteiger partial charge in [0.15, 0.2) is 5.65 Å². The predicted octanol–water partition coefficient (Wildman–Crippen LogP) is 3.38. The van der Waals surface area contributed by atoms with Gasteiger partial charge in [0.1, 0.15) is 5.76 Å². The highest BCUT2D eigenvalue weighted by Gasteiger charge is 2.17. The molecule has 7 nitrogen and oxygen atoms in total. The Kier molecular flexibility index (Phi) is 5.08. The van der Waals surface area contributed by atoms with Crippen LogP contribution in [0.15, 0.2) is 47.1 Å². The van der Waals surface area contributed by atoms with Crippen LogP contribution in [-0.2, 0) is 6.54 Å². The van der Waals surface area contributed by atoms with Crippen LogP contribution < -0.4 is 10.6 Å². The molecule has 2 N–H and O–H groups in total. The molecule has 4 rings (SSSR count). The number of benzene rings is 1. The Morgan fingerprint density at radius 3 is 2.64 bits per heavy atom. The average molecular weight is 376 g/mol. The number of aryl methyl sites for hydroxylation is 2. The summed E-state index contributed by atoms with van der Waals surface area (Å²) in [5.41, 5.74) is 5.75. The van der Waals surface area contributed by atoms with Crippen molar-refractivity contribution in [3.63, 3.8) is 0 Å². The molecular formula is C21H24N6O. The maximum atomic E-state index is 5.34. The van der Waals surface area contributed by atoms with Gasteiger partial charge in [-0.1, -0.05) is 35.5 Å². The second-order valence-corrected chi connectivity index (χ2v) is 6.80. The van der Waals surface area contributed by atoms with Crippen molar-refractivity contribution in [2.45, 2.75) is 20.4 Å². The SMILES string of the molecule is CNCCNc1nc2ncc(-c3c(C)noc3C)cc2n1Cc1ccccc1.